The molecular weight excluding hydrogens is 170 g/mol. The van der Waals surface area contributed by atoms with E-state index in [-0.39, 0.29) is 0 Å². The van der Waals surface area contributed by atoms with Gasteiger partial charge in [0.15, 0.2) is 0 Å². The molecular formula is C10H8ClN. The predicted octanol–water partition coefficient (Wildman–Crippen LogP) is 2.88. The maximum atomic E-state index is 5.83. The minimum atomic E-state index is 0.545. The van der Waals surface area contributed by atoms with Gasteiger partial charge in [0.05, 0.1) is 5.69 Å². The van der Waals surface area contributed by atoms with Crippen LogP contribution in [0.4, 0.5) is 0 Å². The Labute approximate surface area is 76.1 Å². The molecule has 0 fully saturated rings. The van der Waals surface area contributed by atoms with Crippen LogP contribution < -0.4 is 0 Å². The van der Waals surface area contributed by atoms with Crippen molar-refractivity contribution in [2.45, 2.75) is 18.3 Å². The molecule has 1 aromatic heterocycles. The van der Waals surface area contributed by atoms with Crippen LogP contribution in [0.25, 0.3) is 0 Å². The normalized spacial score (nSPS) is 29.4. The molecule has 0 radical (unpaired) electrons. The van der Waals surface area contributed by atoms with Gasteiger partial charge in [-0.05, 0) is 18.1 Å². The summed E-state index contributed by atoms with van der Waals surface area (Å²) in [6.07, 6.45) is 5.74. The summed E-state index contributed by atoms with van der Waals surface area (Å²) in [6.45, 7) is 0. The lowest BCUT2D eigenvalue weighted by Gasteiger charge is -2.08. The molecule has 2 aliphatic rings. The highest BCUT2D eigenvalue weighted by Gasteiger charge is 2.33. The van der Waals surface area contributed by atoms with Gasteiger partial charge in [-0.2, -0.15) is 0 Å². The van der Waals surface area contributed by atoms with Gasteiger partial charge < -0.3 is 0 Å². The molecule has 0 aliphatic heterocycles. The van der Waals surface area contributed by atoms with E-state index in [1.54, 1.807) is 0 Å². The third-order valence-electron chi connectivity index (χ3n) is 2.76. The van der Waals surface area contributed by atoms with Gasteiger partial charge in [-0.1, -0.05) is 29.8 Å². The number of hydrogen-bond acceptors (Lipinski definition) is 1. The summed E-state index contributed by atoms with van der Waals surface area (Å²) in [7, 11) is 0. The summed E-state index contributed by atoms with van der Waals surface area (Å²) < 4.78 is 0. The van der Waals surface area contributed by atoms with E-state index in [1.165, 1.54) is 17.7 Å². The van der Waals surface area contributed by atoms with Gasteiger partial charge in [0, 0.05) is 11.8 Å². The molecule has 2 bridgehead atoms. The Balaban J connectivity index is 2.24. The number of pyridine rings is 1. The van der Waals surface area contributed by atoms with Crippen LogP contribution in [0, 0.1) is 0 Å². The van der Waals surface area contributed by atoms with E-state index in [9.17, 15) is 0 Å². The Morgan fingerprint density at radius 3 is 3.00 bits per heavy atom. The number of aromatic nitrogens is 1. The van der Waals surface area contributed by atoms with E-state index in [0.717, 1.165) is 0 Å². The number of fused-ring (bicyclic) bond motifs is 5. The highest BCUT2D eigenvalue weighted by atomic mass is 35.5. The first kappa shape index (κ1) is 6.67. The van der Waals surface area contributed by atoms with Crippen LogP contribution in [-0.4, -0.2) is 4.98 Å². The minimum Gasteiger partial charge on any atom is -0.240 e. The Morgan fingerprint density at radius 1 is 1.25 bits per heavy atom. The monoisotopic (exact) mass is 177 g/mol. The molecule has 2 aliphatic carbocycles. The van der Waals surface area contributed by atoms with Crippen LogP contribution in [0.15, 0.2) is 24.3 Å². The van der Waals surface area contributed by atoms with Crippen LogP contribution in [0.1, 0.15) is 29.5 Å². The van der Waals surface area contributed by atoms with E-state index in [1.807, 2.05) is 6.07 Å². The van der Waals surface area contributed by atoms with E-state index in [2.05, 4.69) is 23.2 Å². The Bertz CT molecular complexity index is 370. The number of halogens is 1. The SMILES string of the molecule is Clc1ccc2c(n1)[C@@H]1C=C[C@H]2C1. The van der Waals surface area contributed by atoms with Crippen molar-refractivity contribution in [3.8, 4) is 0 Å². The Hall–Kier alpha value is -0.820. The van der Waals surface area contributed by atoms with Gasteiger partial charge >= 0.3 is 0 Å². The second-order valence-electron chi connectivity index (χ2n) is 3.44. The average Bonchev–Trinajstić information content (AvgIpc) is 2.63. The first-order chi connectivity index (χ1) is 5.84. The first-order valence-corrected chi connectivity index (χ1v) is 4.57. The molecule has 0 unspecified atom stereocenters. The van der Waals surface area contributed by atoms with Crippen LogP contribution in [-0.2, 0) is 0 Å². The summed E-state index contributed by atoms with van der Waals surface area (Å²) in [5.74, 6) is 1.17. The molecule has 2 heteroatoms. The van der Waals surface area contributed by atoms with Gasteiger partial charge in [-0.3, -0.25) is 0 Å². The molecule has 0 saturated heterocycles. The summed E-state index contributed by atoms with van der Waals surface area (Å²) >= 11 is 5.83. The van der Waals surface area contributed by atoms with E-state index in [0.29, 0.717) is 17.0 Å². The van der Waals surface area contributed by atoms with Gasteiger partial charge in [0.1, 0.15) is 5.15 Å². The standard InChI is InChI=1S/C10H8ClN/c11-9-4-3-8-6-1-2-7(5-6)10(8)12-9/h1-4,6-7H,5H2/t6-,7+/m0/s1. The smallest absolute Gasteiger partial charge is 0.129 e. The third-order valence-corrected chi connectivity index (χ3v) is 2.97. The molecule has 0 spiro atoms. The topological polar surface area (TPSA) is 12.9 Å². The zero-order chi connectivity index (χ0) is 8.13. The molecule has 12 heavy (non-hydrogen) atoms. The first-order valence-electron chi connectivity index (χ1n) is 4.19. The van der Waals surface area contributed by atoms with Crippen molar-refractivity contribution in [2.75, 3.05) is 0 Å². The fraction of sp³-hybridized carbons (Fsp3) is 0.300. The maximum absolute atomic E-state index is 5.83. The molecule has 0 aromatic carbocycles. The zero-order valence-corrected chi connectivity index (χ0v) is 7.25. The van der Waals surface area contributed by atoms with Gasteiger partial charge in [0.25, 0.3) is 0 Å². The van der Waals surface area contributed by atoms with E-state index in [4.69, 9.17) is 11.6 Å². The lowest BCUT2D eigenvalue weighted by molar-refractivity contribution is 0.795. The van der Waals surface area contributed by atoms with Crippen molar-refractivity contribution in [3.05, 3.63) is 40.7 Å². The molecule has 60 valence electrons. The molecule has 0 N–H and O–H groups in total. The highest BCUT2D eigenvalue weighted by molar-refractivity contribution is 6.29. The van der Waals surface area contributed by atoms with Crippen LogP contribution in [0.2, 0.25) is 5.15 Å². The van der Waals surface area contributed by atoms with Crippen molar-refractivity contribution >= 4 is 11.6 Å². The number of nitrogens with zero attached hydrogens (tertiary/aromatic N) is 1. The van der Waals surface area contributed by atoms with E-state index >= 15 is 0 Å². The quantitative estimate of drug-likeness (QED) is 0.439. The summed E-state index contributed by atoms with van der Waals surface area (Å²) in [4.78, 5) is 4.35. The lowest BCUT2D eigenvalue weighted by Crippen LogP contribution is -1.95. The van der Waals surface area contributed by atoms with Crippen LogP contribution in [0.3, 0.4) is 0 Å². The molecule has 2 atom stereocenters. The predicted molar refractivity (Wildman–Crippen MR) is 48.5 cm³/mol. The fourth-order valence-electron chi connectivity index (χ4n) is 2.20. The van der Waals surface area contributed by atoms with Gasteiger partial charge in [-0.25, -0.2) is 4.98 Å². The molecule has 1 aromatic rings. The maximum Gasteiger partial charge on any atom is 0.129 e. The molecule has 1 nitrogen and oxygen atoms in total. The minimum absolute atomic E-state index is 0.545. The van der Waals surface area contributed by atoms with Gasteiger partial charge in [0.2, 0.25) is 0 Å². The second kappa shape index (κ2) is 2.11. The lowest BCUT2D eigenvalue weighted by atomic mass is 10.0. The fourth-order valence-corrected chi connectivity index (χ4v) is 2.36. The van der Waals surface area contributed by atoms with Crippen molar-refractivity contribution in [3.63, 3.8) is 0 Å². The summed E-state index contributed by atoms with van der Waals surface area (Å²) in [5.41, 5.74) is 2.59. The van der Waals surface area contributed by atoms with Crippen molar-refractivity contribution in [1.29, 1.82) is 0 Å². The highest BCUT2D eigenvalue weighted by Crippen LogP contribution is 2.47. The number of rotatable bonds is 0. The van der Waals surface area contributed by atoms with Crippen molar-refractivity contribution in [2.24, 2.45) is 0 Å². The van der Waals surface area contributed by atoms with Crippen LogP contribution in [0.5, 0.6) is 0 Å². The average molecular weight is 178 g/mol. The number of allylic oxidation sites excluding steroid dienone is 2. The number of hydrogen-bond donors (Lipinski definition) is 0. The molecule has 3 rings (SSSR count). The molecule has 1 heterocycles. The van der Waals surface area contributed by atoms with Crippen molar-refractivity contribution in [1.82, 2.24) is 4.98 Å². The second-order valence-corrected chi connectivity index (χ2v) is 3.83. The zero-order valence-electron chi connectivity index (χ0n) is 6.50. The van der Waals surface area contributed by atoms with Crippen molar-refractivity contribution < 1.29 is 0 Å². The van der Waals surface area contributed by atoms with E-state index < -0.39 is 0 Å². The Kier molecular flexibility index (Phi) is 1.17. The third kappa shape index (κ3) is 0.721. The summed E-state index contributed by atoms with van der Waals surface area (Å²) in [6, 6.07) is 3.99. The largest absolute Gasteiger partial charge is 0.240 e. The summed E-state index contributed by atoms with van der Waals surface area (Å²) in [5, 5.41) is 0.620. The molecule has 0 saturated carbocycles. The van der Waals surface area contributed by atoms with Gasteiger partial charge in [-0.15, -0.1) is 0 Å². The van der Waals surface area contributed by atoms with Crippen LogP contribution >= 0.6 is 11.6 Å². The Morgan fingerprint density at radius 2 is 2.08 bits per heavy atom. The molecule has 0 amide bonds.